The molecule has 1 aliphatic carbocycles. The number of carboxylic acid groups (broad SMARTS) is 1. The molecule has 0 aromatic heterocycles. The summed E-state index contributed by atoms with van der Waals surface area (Å²) < 4.78 is 0. The number of urea groups is 1. The van der Waals surface area contributed by atoms with Crippen molar-refractivity contribution >= 4 is 12.0 Å². The second-order valence-electron chi connectivity index (χ2n) is 4.96. The lowest BCUT2D eigenvalue weighted by molar-refractivity contribution is 0.0696. The van der Waals surface area contributed by atoms with Crippen molar-refractivity contribution in [1.82, 2.24) is 10.6 Å². The molecule has 1 fully saturated rings. The van der Waals surface area contributed by atoms with Crippen LogP contribution in [0.4, 0.5) is 4.79 Å². The molecular formula is C14H18N2O3. The van der Waals surface area contributed by atoms with Crippen molar-refractivity contribution < 1.29 is 14.7 Å². The van der Waals surface area contributed by atoms with Gasteiger partial charge in [-0.3, -0.25) is 0 Å². The van der Waals surface area contributed by atoms with E-state index in [4.69, 9.17) is 5.11 Å². The lowest BCUT2D eigenvalue weighted by Crippen LogP contribution is -2.41. The second kappa shape index (κ2) is 5.73. The molecule has 1 aromatic rings. The fourth-order valence-electron chi connectivity index (χ4n) is 1.97. The van der Waals surface area contributed by atoms with Crippen molar-refractivity contribution in [2.45, 2.75) is 32.4 Å². The average molecular weight is 262 g/mol. The molecule has 19 heavy (non-hydrogen) atoms. The number of carbonyl (C=O) groups is 2. The number of hydrogen-bond acceptors (Lipinski definition) is 2. The molecule has 0 radical (unpaired) electrons. The molecule has 0 aliphatic heterocycles. The Morgan fingerprint density at radius 2 is 2.16 bits per heavy atom. The number of carbonyl (C=O) groups excluding carboxylic acids is 1. The number of benzene rings is 1. The highest BCUT2D eigenvalue weighted by Crippen LogP contribution is 2.32. The molecule has 5 nitrogen and oxygen atoms in total. The minimum atomic E-state index is -0.964. The van der Waals surface area contributed by atoms with Gasteiger partial charge in [0, 0.05) is 12.6 Å². The number of aromatic carboxylic acids is 1. The third-order valence-electron chi connectivity index (χ3n) is 3.31. The van der Waals surface area contributed by atoms with Crippen LogP contribution in [-0.2, 0) is 6.54 Å². The number of hydrogen-bond donors (Lipinski definition) is 3. The normalized spacial score (nSPS) is 15.6. The van der Waals surface area contributed by atoms with Crippen LogP contribution in [0.2, 0.25) is 0 Å². The van der Waals surface area contributed by atoms with Crippen LogP contribution in [-0.4, -0.2) is 23.1 Å². The quantitative estimate of drug-likeness (QED) is 0.759. The molecular weight excluding hydrogens is 244 g/mol. The van der Waals surface area contributed by atoms with Crippen LogP contribution in [0.15, 0.2) is 24.3 Å². The molecule has 1 saturated carbocycles. The Labute approximate surface area is 112 Å². The summed E-state index contributed by atoms with van der Waals surface area (Å²) in [7, 11) is 0. The summed E-state index contributed by atoms with van der Waals surface area (Å²) in [6.07, 6.45) is 2.37. The van der Waals surface area contributed by atoms with Gasteiger partial charge in [-0.2, -0.15) is 0 Å². The van der Waals surface area contributed by atoms with Gasteiger partial charge in [0.15, 0.2) is 0 Å². The Hall–Kier alpha value is -2.04. The molecule has 0 spiro atoms. The monoisotopic (exact) mass is 262 g/mol. The fourth-order valence-corrected chi connectivity index (χ4v) is 1.97. The maximum absolute atomic E-state index is 11.6. The third-order valence-corrected chi connectivity index (χ3v) is 3.31. The SMILES string of the molecule is CC(NC(=O)NCc1cccc(C(=O)O)c1)C1CC1. The standard InChI is InChI=1S/C14H18N2O3/c1-9(11-5-6-11)16-14(19)15-8-10-3-2-4-12(7-10)13(17)18/h2-4,7,9,11H,5-6,8H2,1H3,(H,17,18)(H2,15,16,19). The lowest BCUT2D eigenvalue weighted by atomic mass is 10.1. The van der Waals surface area contributed by atoms with E-state index in [0.29, 0.717) is 12.5 Å². The van der Waals surface area contributed by atoms with E-state index in [0.717, 1.165) is 5.56 Å². The second-order valence-corrected chi connectivity index (χ2v) is 4.96. The zero-order valence-corrected chi connectivity index (χ0v) is 10.8. The Kier molecular flexibility index (Phi) is 4.04. The summed E-state index contributed by atoms with van der Waals surface area (Å²) in [5.74, 6) is -0.352. The summed E-state index contributed by atoms with van der Waals surface area (Å²) in [6.45, 7) is 2.33. The van der Waals surface area contributed by atoms with E-state index >= 15 is 0 Å². The maximum atomic E-state index is 11.6. The first-order valence-electron chi connectivity index (χ1n) is 6.43. The van der Waals surface area contributed by atoms with E-state index in [9.17, 15) is 9.59 Å². The van der Waals surface area contributed by atoms with E-state index < -0.39 is 5.97 Å². The van der Waals surface area contributed by atoms with Crippen molar-refractivity contribution in [3.63, 3.8) is 0 Å². The molecule has 2 amide bonds. The van der Waals surface area contributed by atoms with E-state index in [1.165, 1.54) is 18.9 Å². The van der Waals surface area contributed by atoms with E-state index in [2.05, 4.69) is 10.6 Å². The minimum absolute atomic E-state index is 0.199. The molecule has 5 heteroatoms. The zero-order chi connectivity index (χ0) is 13.8. The highest BCUT2D eigenvalue weighted by atomic mass is 16.4. The first-order valence-corrected chi connectivity index (χ1v) is 6.43. The minimum Gasteiger partial charge on any atom is -0.478 e. The first-order chi connectivity index (χ1) is 9.06. The molecule has 3 N–H and O–H groups in total. The van der Waals surface area contributed by atoms with Crippen molar-refractivity contribution in [2.24, 2.45) is 5.92 Å². The van der Waals surface area contributed by atoms with Gasteiger partial charge in [0.25, 0.3) is 0 Å². The molecule has 1 atom stereocenters. The number of carboxylic acids is 1. The van der Waals surface area contributed by atoms with Crippen molar-refractivity contribution in [2.75, 3.05) is 0 Å². The van der Waals surface area contributed by atoms with Crippen LogP contribution in [0, 0.1) is 5.92 Å². The smallest absolute Gasteiger partial charge is 0.335 e. The Balaban J connectivity index is 1.82. The van der Waals surface area contributed by atoms with Crippen molar-refractivity contribution in [1.29, 1.82) is 0 Å². The van der Waals surface area contributed by atoms with Gasteiger partial charge >= 0.3 is 12.0 Å². The summed E-state index contributed by atoms with van der Waals surface area (Å²) >= 11 is 0. The van der Waals surface area contributed by atoms with Gasteiger partial charge in [-0.05, 0) is 43.4 Å². The number of amides is 2. The highest BCUT2D eigenvalue weighted by molar-refractivity contribution is 5.87. The van der Waals surface area contributed by atoms with Crippen LogP contribution < -0.4 is 10.6 Å². The molecule has 2 rings (SSSR count). The van der Waals surface area contributed by atoms with Crippen LogP contribution in [0.3, 0.4) is 0 Å². The summed E-state index contributed by atoms with van der Waals surface area (Å²) in [5.41, 5.74) is 1.00. The zero-order valence-electron chi connectivity index (χ0n) is 10.8. The predicted octanol–water partition coefficient (Wildman–Crippen LogP) is 1.98. The van der Waals surface area contributed by atoms with Crippen LogP contribution >= 0.6 is 0 Å². The van der Waals surface area contributed by atoms with E-state index in [1.54, 1.807) is 18.2 Å². The molecule has 1 unspecified atom stereocenters. The average Bonchev–Trinajstić information content (AvgIpc) is 3.21. The summed E-state index contributed by atoms with van der Waals surface area (Å²) in [4.78, 5) is 22.5. The van der Waals surface area contributed by atoms with Gasteiger partial charge in [0.1, 0.15) is 0 Å². The van der Waals surface area contributed by atoms with E-state index in [-0.39, 0.29) is 17.6 Å². The molecule has 1 aromatic carbocycles. The fraction of sp³-hybridized carbons (Fsp3) is 0.429. The Morgan fingerprint density at radius 3 is 2.79 bits per heavy atom. The van der Waals surface area contributed by atoms with Gasteiger partial charge in [0.2, 0.25) is 0 Å². The van der Waals surface area contributed by atoms with Crippen LogP contribution in [0.25, 0.3) is 0 Å². The summed E-state index contributed by atoms with van der Waals surface area (Å²) in [5, 5.41) is 14.5. The third kappa shape index (κ3) is 3.98. The van der Waals surface area contributed by atoms with Gasteiger partial charge in [0.05, 0.1) is 5.56 Å². The summed E-state index contributed by atoms with van der Waals surface area (Å²) in [6, 6.07) is 6.54. The van der Waals surface area contributed by atoms with Crippen molar-refractivity contribution in [3.8, 4) is 0 Å². The first kappa shape index (κ1) is 13.4. The Bertz CT molecular complexity index is 483. The van der Waals surface area contributed by atoms with Gasteiger partial charge < -0.3 is 15.7 Å². The molecule has 1 aliphatic rings. The highest BCUT2D eigenvalue weighted by Gasteiger charge is 2.28. The largest absolute Gasteiger partial charge is 0.478 e. The predicted molar refractivity (Wildman–Crippen MR) is 71.0 cm³/mol. The molecule has 0 heterocycles. The molecule has 102 valence electrons. The van der Waals surface area contributed by atoms with E-state index in [1.807, 2.05) is 6.92 Å². The number of nitrogens with one attached hydrogen (secondary N) is 2. The van der Waals surface area contributed by atoms with Gasteiger partial charge in [-0.15, -0.1) is 0 Å². The number of rotatable bonds is 5. The molecule has 0 bridgehead atoms. The van der Waals surface area contributed by atoms with Gasteiger partial charge in [-0.25, -0.2) is 9.59 Å². The lowest BCUT2D eigenvalue weighted by Gasteiger charge is -2.13. The Morgan fingerprint density at radius 1 is 1.42 bits per heavy atom. The van der Waals surface area contributed by atoms with Gasteiger partial charge in [-0.1, -0.05) is 12.1 Å². The maximum Gasteiger partial charge on any atom is 0.335 e. The topological polar surface area (TPSA) is 78.4 Å². The van der Waals surface area contributed by atoms with Crippen LogP contribution in [0.1, 0.15) is 35.7 Å². The van der Waals surface area contributed by atoms with Crippen LogP contribution in [0.5, 0.6) is 0 Å². The van der Waals surface area contributed by atoms with Crippen molar-refractivity contribution in [3.05, 3.63) is 35.4 Å². The molecule has 0 saturated heterocycles.